The molecule has 24 heavy (non-hydrogen) atoms. The third-order valence-corrected chi connectivity index (χ3v) is 4.69. The van der Waals surface area contributed by atoms with E-state index in [1.165, 1.54) is 11.3 Å². The zero-order chi connectivity index (χ0) is 17.1. The lowest BCUT2D eigenvalue weighted by molar-refractivity contribution is 0.475. The van der Waals surface area contributed by atoms with Gasteiger partial charge in [-0.15, -0.1) is 11.3 Å². The molecule has 1 N–H and O–H groups in total. The molecule has 0 saturated carbocycles. The van der Waals surface area contributed by atoms with E-state index in [0.717, 1.165) is 11.1 Å². The molecule has 0 radical (unpaired) electrons. The van der Waals surface area contributed by atoms with Crippen molar-refractivity contribution in [3.8, 4) is 23.1 Å². The van der Waals surface area contributed by atoms with Crippen LogP contribution in [0.15, 0.2) is 47.8 Å². The van der Waals surface area contributed by atoms with Gasteiger partial charge in [0.1, 0.15) is 16.8 Å². The second kappa shape index (κ2) is 7.06. The van der Waals surface area contributed by atoms with Crippen LogP contribution in [0.1, 0.15) is 10.6 Å². The monoisotopic (exact) mass is 372 g/mol. The van der Waals surface area contributed by atoms with Gasteiger partial charge < -0.3 is 5.11 Å². The zero-order valence-corrected chi connectivity index (χ0v) is 14.5. The van der Waals surface area contributed by atoms with Crippen molar-refractivity contribution in [3.05, 3.63) is 68.5 Å². The Labute approximate surface area is 153 Å². The quantitative estimate of drug-likeness (QED) is 0.583. The fourth-order valence-electron chi connectivity index (χ4n) is 2.10. The first kappa shape index (κ1) is 16.5. The van der Waals surface area contributed by atoms with Crippen LogP contribution in [-0.4, -0.2) is 10.1 Å². The number of phenolic OH excluding ortho intramolecular Hbond substituents is 1. The molecule has 3 aromatic rings. The van der Waals surface area contributed by atoms with Crippen LogP contribution in [-0.2, 0) is 0 Å². The van der Waals surface area contributed by atoms with Crippen LogP contribution >= 0.6 is 34.5 Å². The van der Waals surface area contributed by atoms with Gasteiger partial charge >= 0.3 is 0 Å². The van der Waals surface area contributed by atoms with Crippen molar-refractivity contribution in [3.63, 3.8) is 0 Å². The Hall–Kier alpha value is -2.32. The van der Waals surface area contributed by atoms with E-state index in [2.05, 4.69) is 11.1 Å². The Morgan fingerprint density at radius 2 is 1.92 bits per heavy atom. The normalized spacial score (nSPS) is 11.3. The molecule has 3 nitrogen and oxygen atoms in total. The Morgan fingerprint density at radius 1 is 1.17 bits per heavy atom. The van der Waals surface area contributed by atoms with Gasteiger partial charge in [0.25, 0.3) is 0 Å². The lowest BCUT2D eigenvalue weighted by atomic mass is 10.1. The van der Waals surface area contributed by atoms with Gasteiger partial charge in [-0.2, -0.15) is 5.26 Å². The number of aromatic nitrogens is 1. The van der Waals surface area contributed by atoms with Gasteiger partial charge in [0, 0.05) is 16.0 Å². The number of hydrogen-bond acceptors (Lipinski definition) is 4. The molecule has 2 aromatic carbocycles. The van der Waals surface area contributed by atoms with Gasteiger partial charge in [-0.1, -0.05) is 35.3 Å². The molecule has 0 aliphatic rings. The number of rotatable bonds is 3. The number of benzene rings is 2. The van der Waals surface area contributed by atoms with E-state index in [0.29, 0.717) is 26.3 Å². The average Bonchev–Trinajstić information content (AvgIpc) is 3.04. The first-order valence-corrected chi connectivity index (χ1v) is 8.52. The molecular formula is C18H10Cl2N2OS. The van der Waals surface area contributed by atoms with Gasteiger partial charge in [0.2, 0.25) is 0 Å². The molecule has 0 bridgehead atoms. The third-order valence-electron chi connectivity index (χ3n) is 3.27. The van der Waals surface area contributed by atoms with Crippen molar-refractivity contribution >= 4 is 46.2 Å². The summed E-state index contributed by atoms with van der Waals surface area (Å²) in [7, 11) is 0. The standard InChI is InChI=1S/C18H10Cl2N2OS/c19-13-3-6-15(16(20)8-13)17-10-24-18(22-17)12(9-21)7-11-1-4-14(23)5-2-11/h1-8,10,23H. The summed E-state index contributed by atoms with van der Waals surface area (Å²) in [6.07, 6.45) is 1.73. The Kier molecular flexibility index (Phi) is 4.86. The highest BCUT2D eigenvalue weighted by Gasteiger charge is 2.11. The topological polar surface area (TPSA) is 56.9 Å². The number of nitriles is 1. The lowest BCUT2D eigenvalue weighted by Gasteiger charge is -2.01. The third kappa shape index (κ3) is 3.60. The van der Waals surface area contributed by atoms with Crippen molar-refractivity contribution in [1.82, 2.24) is 4.98 Å². The van der Waals surface area contributed by atoms with Gasteiger partial charge in [-0.05, 0) is 42.0 Å². The maximum atomic E-state index is 9.42. The van der Waals surface area contributed by atoms with Crippen molar-refractivity contribution in [2.24, 2.45) is 0 Å². The average molecular weight is 373 g/mol. The Balaban J connectivity index is 1.96. The molecule has 118 valence electrons. The second-order valence-electron chi connectivity index (χ2n) is 4.92. The minimum Gasteiger partial charge on any atom is -0.508 e. The molecule has 1 heterocycles. The number of thiazole rings is 1. The highest BCUT2D eigenvalue weighted by atomic mass is 35.5. The summed E-state index contributed by atoms with van der Waals surface area (Å²) in [6.45, 7) is 0. The first-order chi connectivity index (χ1) is 11.6. The summed E-state index contributed by atoms with van der Waals surface area (Å²) >= 11 is 13.5. The van der Waals surface area contributed by atoms with Crippen molar-refractivity contribution in [1.29, 1.82) is 5.26 Å². The lowest BCUT2D eigenvalue weighted by Crippen LogP contribution is -1.84. The molecule has 0 fully saturated rings. The maximum absolute atomic E-state index is 9.42. The maximum Gasteiger partial charge on any atom is 0.134 e. The Morgan fingerprint density at radius 3 is 2.58 bits per heavy atom. The van der Waals surface area contributed by atoms with E-state index in [1.807, 2.05) is 5.38 Å². The van der Waals surface area contributed by atoms with Crippen LogP contribution in [0.2, 0.25) is 10.0 Å². The summed E-state index contributed by atoms with van der Waals surface area (Å²) in [5.74, 6) is 0.180. The second-order valence-corrected chi connectivity index (χ2v) is 6.63. The van der Waals surface area contributed by atoms with Crippen LogP contribution < -0.4 is 0 Å². The zero-order valence-electron chi connectivity index (χ0n) is 12.2. The van der Waals surface area contributed by atoms with Gasteiger partial charge in [0.15, 0.2) is 0 Å². The van der Waals surface area contributed by atoms with Crippen molar-refractivity contribution in [2.45, 2.75) is 0 Å². The molecule has 0 atom stereocenters. The number of halogens is 2. The molecule has 0 aliphatic heterocycles. The SMILES string of the molecule is N#CC(=Cc1ccc(O)cc1)c1nc(-c2ccc(Cl)cc2Cl)cs1. The van der Waals surface area contributed by atoms with Gasteiger partial charge in [0.05, 0.1) is 16.3 Å². The number of allylic oxidation sites excluding steroid dienone is 1. The van der Waals surface area contributed by atoms with E-state index < -0.39 is 0 Å². The number of aromatic hydroxyl groups is 1. The van der Waals surface area contributed by atoms with Crippen LogP contribution in [0.25, 0.3) is 22.9 Å². The van der Waals surface area contributed by atoms with E-state index in [1.54, 1.807) is 48.5 Å². The van der Waals surface area contributed by atoms with E-state index in [9.17, 15) is 10.4 Å². The predicted molar refractivity (Wildman–Crippen MR) is 99.2 cm³/mol. The summed E-state index contributed by atoms with van der Waals surface area (Å²) in [5, 5.41) is 22.3. The van der Waals surface area contributed by atoms with E-state index in [-0.39, 0.29) is 5.75 Å². The molecular weight excluding hydrogens is 363 g/mol. The highest BCUT2D eigenvalue weighted by Crippen LogP contribution is 2.33. The number of phenols is 1. The fraction of sp³-hybridized carbons (Fsp3) is 0. The predicted octanol–water partition coefficient (Wildman–Crippen LogP) is 5.89. The van der Waals surface area contributed by atoms with Crippen LogP contribution in [0, 0.1) is 11.3 Å². The minimum absolute atomic E-state index is 0.180. The molecule has 0 amide bonds. The summed E-state index contributed by atoms with van der Waals surface area (Å²) in [6, 6.07) is 14.0. The Bertz CT molecular complexity index is 956. The van der Waals surface area contributed by atoms with E-state index in [4.69, 9.17) is 23.2 Å². The van der Waals surface area contributed by atoms with Crippen LogP contribution in [0.4, 0.5) is 0 Å². The van der Waals surface area contributed by atoms with Crippen molar-refractivity contribution < 1.29 is 5.11 Å². The molecule has 1 aromatic heterocycles. The minimum atomic E-state index is 0.180. The molecule has 3 rings (SSSR count). The molecule has 0 spiro atoms. The molecule has 6 heteroatoms. The van der Waals surface area contributed by atoms with Crippen LogP contribution in [0.5, 0.6) is 5.75 Å². The number of hydrogen-bond donors (Lipinski definition) is 1. The largest absolute Gasteiger partial charge is 0.508 e. The van der Waals surface area contributed by atoms with E-state index >= 15 is 0 Å². The molecule has 0 saturated heterocycles. The summed E-state index contributed by atoms with van der Waals surface area (Å²) in [4.78, 5) is 4.51. The summed E-state index contributed by atoms with van der Waals surface area (Å²) in [5.41, 5.74) is 2.72. The molecule has 0 unspecified atom stereocenters. The summed E-state index contributed by atoms with van der Waals surface area (Å²) < 4.78 is 0. The number of nitrogens with zero attached hydrogens (tertiary/aromatic N) is 2. The smallest absolute Gasteiger partial charge is 0.134 e. The van der Waals surface area contributed by atoms with Gasteiger partial charge in [-0.25, -0.2) is 4.98 Å². The first-order valence-electron chi connectivity index (χ1n) is 6.89. The van der Waals surface area contributed by atoms with Crippen LogP contribution in [0.3, 0.4) is 0 Å². The molecule has 0 aliphatic carbocycles. The fourth-order valence-corrected chi connectivity index (χ4v) is 3.39. The highest BCUT2D eigenvalue weighted by molar-refractivity contribution is 7.11. The van der Waals surface area contributed by atoms with Gasteiger partial charge in [-0.3, -0.25) is 0 Å². The van der Waals surface area contributed by atoms with Crippen molar-refractivity contribution in [2.75, 3.05) is 0 Å².